The second-order valence-corrected chi connectivity index (χ2v) is 12.3. The van der Waals surface area contributed by atoms with E-state index in [1.54, 1.807) is 40.6 Å². The van der Waals surface area contributed by atoms with Crippen LogP contribution in [0.15, 0.2) is 29.0 Å². The molecule has 0 saturated heterocycles. The van der Waals surface area contributed by atoms with Gasteiger partial charge in [0.15, 0.2) is 16.5 Å². The van der Waals surface area contributed by atoms with E-state index < -0.39 is 0 Å². The summed E-state index contributed by atoms with van der Waals surface area (Å²) in [5.74, 6) is 0.996. The number of nitrogens with zero attached hydrogens (tertiary/aromatic N) is 8. The number of fused-ring (bicyclic) bond motifs is 2. The van der Waals surface area contributed by atoms with E-state index in [0.29, 0.717) is 48.3 Å². The number of hydrogen-bond donors (Lipinski definition) is 2. The summed E-state index contributed by atoms with van der Waals surface area (Å²) in [6, 6.07) is 3.49. The zero-order valence-electron chi connectivity index (χ0n) is 27.8. The Labute approximate surface area is 313 Å². The smallest absolute Gasteiger partial charge is 0.427 e. The first-order chi connectivity index (χ1) is 24.3. The number of methoxy groups -OCH3 is 5. The molecule has 6 aromatic rings. The summed E-state index contributed by atoms with van der Waals surface area (Å²) in [5.41, 5.74) is 13.5. The quantitative estimate of drug-likeness (QED) is 0.117. The summed E-state index contributed by atoms with van der Waals surface area (Å²) in [6.07, 6.45) is 3.46. The van der Waals surface area contributed by atoms with Crippen molar-refractivity contribution in [3.05, 3.63) is 71.7 Å². The third kappa shape index (κ3) is 6.78. The molecule has 0 bridgehead atoms. The van der Waals surface area contributed by atoms with Crippen LogP contribution >= 0.6 is 50.7 Å². The zero-order valence-corrected chi connectivity index (χ0v) is 31.7. The second kappa shape index (κ2) is 15.1. The lowest BCUT2D eigenvalue weighted by Gasteiger charge is -2.16. The van der Waals surface area contributed by atoms with Crippen molar-refractivity contribution in [2.75, 3.05) is 47.0 Å². The van der Waals surface area contributed by atoms with Gasteiger partial charge in [-0.15, -0.1) is 9.46 Å². The van der Waals surface area contributed by atoms with Crippen molar-refractivity contribution >= 4 is 84.7 Å². The van der Waals surface area contributed by atoms with Gasteiger partial charge in [0.05, 0.1) is 46.3 Å². The predicted octanol–water partition coefficient (Wildman–Crippen LogP) is 4.46. The van der Waals surface area contributed by atoms with Crippen LogP contribution in [0.3, 0.4) is 0 Å². The van der Waals surface area contributed by atoms with Gasteiger partial charge in [-0.25, -0.2) is 9.97 Å². The molecule has 0 aliphatic heterocycles. The van der Waals surface area contributed by atoms with E-state index in [2.05, 4.69) is 35.9 Å². The summed E-state index contributed by atoms with van der Waals surface area (Å²) in [5, 5.41) is 27.3. The van der Waals surface area contributed by atoms with Crippen LogP contribution in [-0.4, -0.2) is 64.6 Å². The lowest BCUT2D eigenvalue weighted by molar-refractivity contribution is -0.622. The van der Waals surface area contributed by atoms with Gasteiger partial charge in [-0.05, 0) is 35.0 Å². The van der Waals surface area contributed by atoms with E-state index in [-0.39, 0.29) is 69.3 Å². The average Bonchev–Trinajstić information content (AvgIpc) is 3.69. The molecule has 0 spiro atoms. The van der Waals surface area contributed by atoms with Crippen LogP contribution in [0.4, 0.5) is 11.9 Å². The van der Waals surface area contributed by atoms with Crippen LogP contribution in [0.2, 0.25) is 15.3 Å². The molecule has 270 valence electrons. The Morgan fingerprint density at radius 1 is 0.686 bits per heavy atom. The number of aromatic nitrogens is 8. The fourth-order valence-corrected chi connectivity index (χ4v) is 6.85. The lowest BCUT2D eigenvalue weighted by atomic mass is 10.2. The van der Waals surface area contributed by atoms with E-state index in [0.717, 1.165) is 4.73 Å². The van der Waals surface area contributed by atoms with E-state index in [4.69, 9.17) is 70.0 Å². The standard InChI is InChI=1S/C15H15BrClN5O3.C15H15Cl2N5O4/c1-7-11(24-2)10(16)9(22(23)14(7)25-3)6-21-5-4-8-12(17)19-15(18)20-13(8)21;1-24-10-9(16)8(22(23)14(26-3)11(10)25-2)6-21-5-4-7-12(17)19-15(18)20-13(7)21/h4-5H,6H2,1-3H3,(H2,18,19,20);4-5H,6H2,1-3H3,(H2,18,19,20). The number of halogens is 4. The highest BCUT2D eigenvalue weighted by Crippen LogP contribution is 2.42. The maximum Gasteiger partial charge on any atom is 0.427 e. The fraction of sp³-hybridized carbons (Fsp3) is 0.267. The van der Waals surface area contributed by atoms with E-state index in [1.165, 1.54) is 35.5 Å². The first-order valence-electron chi connectivity index (χ1n) is 14.5. The van der Waals surface area contributed by atoms with Gasteiger partial charge < -0.3 is 54.7 Å². The molecule has 0 amide bonds. The van der Waals surface area contributed by atoms with Crippen molar-refractivity contribution in [1.82, 2.24) is 29.1 Å². The van der Waals surface area contributed by atoms with E-state index in [9.17, 15) is 10.4 Å². The Morgan fingerprint density at radius 3 is 1.59 bits per heavy atom. The summed E-state index contributed by atoms with van der Waals surface area (Å²) < 4.78 is 31.5. The molecule has 0 saturated carbocycles. The molecular formula is C30H30BrCl3N10O7. The molecule has 6 aromatic heterocycles. The van der Waals surface area contributed by atoms with Gasteiger partial charge in [-0.3, -0.25) is 0 Å². The summed E-state index contributed by atoms with van der Waals surface area (Å²) >= 11 is 22.0. The van der Waals surface area contributed by atoms with Gasteiger partial charge in [0.25, 0.3) is 5.75 Å². The monoisotopic (exact) mass is 826 g/mol. The molecule has 0 aliphatic carbocycles. The van der Waals surface area contributed by atoms with Crippen LogP contribution < -0.4 is 44.6 Å². The Bertz CT molecular complexity index is 2220. The minimum atomic E-state index is -0.0765. The Morgan fingerprint density at radius 2 is 1.14 bits per heavy atom. The highest BCUT2D eigenvalue weighted by molar-refractivity contribution is 9.10. The third-order valence-electron chi connectivity index (χ3n) is 7.64. The number of hydrogen-bond acceptors (Lipinski definition) is 13. The third-order valence-corrected chi connectivity index (χ3v) is 9.43. The van der Waals surface area contributed by atoms with Gasteiger partial charge in [-0.2, -0.15) is 9.97 Å². The minimum Gasteiger partial charge on any atom is -0.616 e. The maximum atomic E-state index is 12.7. The molecule has 51 heavy (non-hydrogen) atoms. The SMILES string of the molecule is COc1c(C)c(OC)[n+]([O-])c(Cn2ccc3c(Cl)nc(N)nc32)c1Br.COc1c(Cl)c(Cn2ccc3c(Cl)nc(N)nc32)[n+]([O-])c(OC)c1OC. The van der Waals surface area contributed by atoms with Crippen LogP contribution in [0.1, 0.15) is 17.0 Å². The molecule has 0 unspecified atom stereocenters. The topological polar surface area (TPSA) is 213 Å². The van der Waals surface area contributed by atoms with E-state index >= 15 is 0 Å². The molecule has 21 heteroatoms. The molecule has 6 rings (SSSR count). The van der Waals surface area contributed by atoms with Crippen molar-refractivity contribution in [2.45, 2.75) is 20.0 Å². The van der Waals surface area contributed by atoms with E-state index in [1.807, 2.05) is 0 Å². The van der Waals surface area contributed by atoms with Crippen molar-refractivity contribution in [3.63, 3.8) is 0 Å². The molecule has 0 atom stereocenters. The zero-order chi connectivity index (χ0) is 37.3. The predicted molar refractivity (Wildman–Crippen MR) is 193 cm³/mol. The van der Waals surface area contributed by atoms with Gasteiger partial charge in [0, 0.05) is 12.4 Å². The Kier molecular flexibility index (Phi) is 11.1. The van der Waals surface area contributed by atoms with Crippen LogP contribution in [0.5, 0.6) is 29.0 Å². The summed E-state index contributed by atoms with van der Waals surface area (Å²) in [6.45, 7) is 2.02. The van der Waals surface area contributed by atoms with Crippen molar-refractivity contribution in [3.8, 4) is 29.0 Å². The maximum absolute atomic E-state index is 12.7. The fourth-order valence-electron chi connectivity index (χ4n) is 5.34. The highest BCUT2D eigenvalue weighted by atomic mass is 79.9. The molecule has 0 radical (unpaired) electrons. The van der Waals surface area contributed by atoms with Gasteiger partial charge >= 0.3 is 11.8 Å². The Hall–Kier alpha value is -4.91. The Balaban J connectivity index is 0.000000198. The highest BCUT2D eigenvalue weighted by Gasteiger charge is 2.31. The molecule has 17 nitrogen and oxygen atoms in total. The van der Waals surface area contributed by atoms with Gasteiger partial charge in [0.1, 0.15) is 44.7 Å². The second-order valence-electron chi connectivity index (χ2n) is 10.5. The summed E-state index contributed by atoms with van der Waals surface area (Å²) in [4.78, 5) is 16.2. The molecule has 6 heterocycles. The normalized spacial score (nSPS) is 11.0. The first-order valence-corrected chi connectivity index (χ1v) is 16.4. The molecule has 4 N–H and O–H groups in total. The number of nitrogen functional groups attached to an aromatic ring is 2. The number of ether oxygens (including phenoxy) is 5. The first kappa shape index (κ1) is 37.3. The number of rotatable bonds is 9. The lowest BCUT2D eigenvalue weighted by Crippen LogP contribution is -2.36. The van der Waals surface area contributed by atoms with Crippen molar-refractivity contribution in [2.24, 2.45) is 0 Å². The van der Waals surface area contributed by atoms with Gasteiger partial charge in [-0.1, -0.05) is 34.8 Å². The number of pyridine rings is 2. The average molecular weight is 829 g/mol. The van der Waals surface area contributed by atoms with Crippen LogP contribution in [0, 0.1) is 17.3 Å². The molecule has 0 aromatic carbocycles. The van der Waals surface area contributed by atoms with Gasteiger partial charge in [0.2, 0.25) is 23.3 Å². The summed E-state index contributed by atoms with van der Waals surface area (Å²) in [7, 11) is 7.12. The number of nitrogens with two attached hydrogens (primary N) is 2. The largest absolute Gasteiger partial charge is 0.616 e. The number of anilines is 2. The molecular weight excluding hydrogens is 799 g/mol. The van der Waals surface area contributed by atoms with Crippen LogP contribution in [-0.2, 0) is 13.1 Å². The van der Waals surface area contributed by atoms with Crippen molar-refractivity contribution < 1.29 is 33.1 Å². The van der Waals surface area contributed by atoms with Crippen molar-refractivity contribution in [1.29, 1.82) is 0 Å². The molecule has 0 aliphatic rings. The minimum absolute atomic E-state index is 0.0217. The molecule has 0 fully saturated rings. The van der Waals surface area contributed by atoms with Crippen LogP contribution in [0.25, 0.3) is 22.1 Å².